The summed E-state index contributed by atoms with van der Waals surface area (Å²) in [5.41, 5.74) is 0.530. The Morgan fingerprint density at radius 1 is 1.21 bits per heavy atom. The van der Waals surface area contributed by atoms with Crippen LogP contribution >= 0.6 is 11.6 Å². The van der Waals surface area contributed by atoms with Crippen molar-refractivity contribution in [3.05, 3.63) is 64.2 Å². The van der Waals surface area contributed by atoms with Crippen LogP contribution in [0.25, 0.3) is 0 Å². The average molecular weight is 358 g/mol. The van der Waals surface area contributed by atoms with Crippen molar-refractivity contribution in [2.24, 2.45) is 0 Å². The second-order valence-corrected chi connectivity index (χ2v) is 5.60. The van der Waals surface area contributed by atoms with Gasteiger partial charge in [-0.05, 0) is 42.3 Å². The number of benzene rings is 2. The molecule has 0 aliphatic heterocycles. The lowest BCUT2D eigenvalue weighted by Crippen LogP contribution is -2.28. The lowest BCUT2D eigenvalue weighted by molar-refractivity contribution is -0.137. The summed E-state index contributed by atoms with van der Waals surface area (Å²) in [5.74, 6) is -0.0733. The Hall–Kier alpha value is -2.21. The van der Waals surface area contributed by atoms with Gasteiger partial charge in [0.2, 0.25) is 0 Å². The van der Waals surface area contributed by atoms with Crippen molar-refractivity contribution in [2.75, 3.05) is 6.61 Å². The normalized spacial score (nSPS) is 11.2. The lowest BCUT2D eigenvalue weighted by atomic mass is 10.1. The van der Waals surface area contributed by atoms with Gasteiger partial charge in [-0.1, -0.05) is 29.8 Å². The van der Waals surface area contributed by atoms with Gasteiger partial charge in [0.1, 0.15) is 5.75 Å². The monoisotopic (exact) mass is 357 g/mol. The third-order valence-electron chi connectivity index (χ3n) is 3.19. The van der Waals surface area contributed by atoms with Crippen LogP contribution in [0.5, 0.6) is 5.75 Å². The molecule has 0 heterocycles. The number of hydrogen-bond donors (Lipinski definition) is 1. The van der Waals surface area contributed by atoms with Gasteiger partial charge >= 0.3 is 6.18 Å². The smallest absolute Gasteiger partial charge is 0.416 e. The summed E-state index contributed by atoms with van der Waals surface area (Å²) < 4.78 is 43.2. The van der Waals surface area contributed by atoms with E-state index in [2.05, 4.69) is 5.32 Å². The first-order valence-corrected chi connectivity index (χ1v) is 7.45. The quantitative estimate of drug-likeness (QED) is 0.863. The van der Waals surface area contributed by atoms with Gasteiger partial charge in [0.25, 0.3) is 5.91 Å². The van der Waals surface area contributed by atoms with Crippen LogP contribution in [0.2, 0.25) is 5.02 Å². The van der Waals surface area contributed by atoms with Gasteiger partial charge in [-0.15, -0.1) is 0 Å². The zero-order valence-electron chi connectivity index (χ0n) is 12.8. The van der Waals surface area contributed by atoms with E-state index in [9.17, 15) is 18.0 Å². The predicted molar refractivity (Wildman–Crippen MR) is 85.0 cm³/mol. The molecule has 0 aliphatic rings. The van der Waals surface area contributed by atoms with Gasteiger partial charge in [-0.25, -0.2) is 0 Å². The van der Waals surface area contributed by atoms with Crippen LogP contribution in [-0.4, -0.2) is 12.5 Å². The number of hydrogen-bond acceptors (Lipinski definition) is 2. The van der Waals surface area contributed by atoms with Gasteiger partial charge in [-0.3, -0.25) is 4.79 Å². The molecule has 0 unspecified atom stereocenters. The molecule has 24 heavy (non-hydrogen) atoms. The minimum Gasteiger partial charge on any atom is -0.482 e. The fourth-order valence-corrected chi connectivity index (χ4v) is 2.15. The van der Waals surface area contributed by atoms with E-state index in [1.165, 1.54) is 12.1 Å². The van der Waals surface area contributed by atoms with Crippen molar-refractivity contribution in [1.82, 2.24) is 5.32 Å². The predicted octanol–water partition coefficient (Wildman–Crippen LogP) is 4.36. The van der Waals surface area contributed by atoms with E-state index in [-0.39, 0.29) is 13.2 Å². The van der Waals surface area contributed by atoms with E-state index < -0.39 is 17.6 Å². The number of aryl methyl sites for hydroxylation is 1. The van der Waals surface area contributed by atoms with Gasteiger partial charge < -0.3 is 10.1 Å². The van der Waals surface area contributed by atoms with Crippen LogP contribution in [0, 0.1) is 6.92 Å². The number of amides is 1. The minimum absolute atomic E-state index is 0.0202. The number of rotatable bonds is 5. The lowest BCUT2D eigenvalue weighted by Gasteiger charge is -2.11. The molecule has 7 heteroatoms. The molecule has 0 aromatic heterocycles. The Morgan fingerprint density at radius 2 is 1.96 bits per heavy atom. The highest BCUT2D eigenvalue weighted by Gasteiger charge is 2.30. The molecule has 128 valence electrons. The minimum atomic E-state index is -4.41. The Kier molecular flexibility index (Phi) is 5.72. The molecule has 2 aromatic carbocycles. The van der Waals surface area contributed by atoms with Crippen LogP contribution in [-0.2, 0) is 17.5 Å². The molecule has 0 bridgehead atoms. The standard InChI is InChI=1S/C17H15ClF3NO2/c1-11-5-6-14(18)15(7-11)24-10-16(23)22-9-12-3-2-4-13(8-12)17(19,20)21/h2-8H,9-10H2,1H3,(H,22,23). The van der Waals surface area contributed by atoms with E-state index in [1.54, 1.807) is 12.1 Å². The maximum absolute atomic E-state index is 12.6. The fraction of sp³-hybridized carbons (Fsp3) is 0.235. The highest BCUT2D eigenvalue weighted by atomic mass is 35.5. The Labute approximate surface area is 142 Å². The van der Waals surface area contributed by atoms with Gasteiger partial charge in [0.05, 0.1) is 10.6 Å². The van der Waals surface area contributed by atoms with Crippen LogP contribution in [0.15, 0.2) is 42.5 Å². The first-order valence-electron chi connectivity index (χ1n) is 7.07. The van der Waals surface area contributed by atoms with Crippen LogP contribution in [0.1, 0.15) is 16.7 Å². The number of carbonyl (C=O) groups excluding carboxylic acids is 1. The second kappa shape index (κ2) is 7.57. The average Bonchev–Trinajstić information content (AvgIpc) is 2.53. The van der Waals surface area contributed by atoms with Crippen molar-refractivity contribution in [2.45, 2.75) is 19.6 Å². The first kappa shape index (κ1) is 18.1. The highest BCUT2D eigenvalue weighted by Crippen LogP contribution is 2.29. The summed E-state index contributed by atoms with van der Waals surface area (Å²) in [6, 6.07) is 9.95. The Bertz CT molecular complexity index is 732. The summed E-state index contributed by atoms with van der Waals surface area (Å²) in [7, 11) is 0. The van der Waals surface area contributed by atoms with Gasteiger partial charge in [0.15, 0.2) is 6.61 Å². The maximum atomic E-state index is 12.6. The molecule has 0 radical (unpaired) electrons. The molecule has 2 aromatic rings. The highest BCUT2D eigenvalue weighted by molar-refractivity contribution is 6.32. The molecule has 1 amide bonds. The fourth-order valence-electron chi connectivity index (χ4n) is 1.97. The number of nitrogens with one attached hydrogen (secondary N) is 1. The zero-order valence-corrected chi connectivity index (χ0v) is 13.5. The number of carbonyl (C=O) groups is 1. The summed E-state index contributed by atoms with van der Waals surface area (Å²) in [6.45, 7) is 1.56. The van der Waals surface area contributed by atoms with E-state index in [1.807, 2.05) is 13.0 Å². The van der Waals surface area contributed by atoms with Crippen LogP contribution < -0.4 is 10.1 Å². The summed E-state index contributed by atoms with van der Waals surface area (Å²) in [5, 5.41) is 2.89. The van der Waals surface area contributed by atoms with Gasteiger partial charge in [0, 0.05) is 6.54 Å². The molecule has 3 nitrogen and oxygen atoms in total. The largest absolute Gasteiger partial charge is 0.482 e. The van der Waals surface area contributed by atoms with E-state index in [0.717, 1.165) is 17.7 Å². The summed E-state index contributed by atoms with van der Waals surface area (Å²) >= 11 is 5.95. The molecule has 2 rings (SSSR count). The van der Waals surface area contributed by atoms with E-state index in [0.29, 0.717) is 16.3 Å². The summed E-state index contributed by atoms with van der Waals surface area (Å²) in [6.07, 6.45) is -4.41. The van der Waals surface area contributed by atoms with Crippen molar-refractivity contribution in [3.63, 3.8) is 0 Å². The van der Waals surface area contributed by atoms with Crippen LogP contribution in [0.3, 0.4) is 0 Å². The Balaban J connectivity index is 1.88. The molecule has 0 atom stereocenters. The third-order valence-corrected chi connectivity index (χ3v) is 3.50. The third kappa shape index (κ3) is 5.16. The molecule has 1 N–H and O–H groups in total. The molecule has 0 saturated heterocycles. The maximum Gasteiger partial charge on any atom is 0.416 e. The van der Waals surface area contributed by atoms with E-state index in [4.69, 9.17) is 16.3 Å². The molecule has 0 fully saturated rings. The first-order chi connectivity index (χ1) is 11.3. The molecule has 0 aliphatic carbocycles. The zero-order chi connectivity index (χ0) is 17.7. The SMILES string of the molecule is Cc1ccc(Cl)c(OCC(=O)NCc2cccc(C(F)(F)F)c2)c1. The van der Waals surface area contributed by atoms with Crippen molar-refractivity contribution in [1.29, 1.82) is 0 Å². The van der Waals surface area contributed by atoms with Crippen molar-refractivity contribution < 1.29 is 22.7 Å². The van der Waals surface area contributed by atoms with Crippen molar-refractivity contribution >= 4 is 17.5 Å². The summed E-state index contributed by atoms with van der Waals surface area (Å²) in [4.78, 5) is 11.8. The number of alkyl halides is 3. The number of ether oxygens (including phenoxy) is 1. The van der Waals surface area contributed by atoms with E-state index >= 15 is 0 Å². The molecular weight excluding hydrogens is 343 g/mol. The number of halogens is 4. The topological polar surface area (TPSA) is 38.3 Å². The molecule has 0 spiro atoms. The van der Waals surface area contributed by atoms with Crippen LogP contribution in [0.4, 0.5) is 13.2 Å². The Morgan fingerprint density at radius 3 is 2.67 bits per heavy atom. The van der Waals surface area contributed by atoms with Crippen molar-refractivity contribution in [3.8, 4) is 5.75 Å². The second-order valence-electron chi connectivity index (χ2n) is 5.20. The van der Waals surface area contributed by atoms with Gasteiger partial charge in [-0.2, -0.15) is 13.2 Å². The molecular formula is C17H15ClF3NO2. The molecule has 0 saturated carbocycles.